The third-order valence-corrected chi connectivity index (χ3v) is 5.38. The number of nitrogens with zero attached hydrogens (tertiary/aromatic N) is 3. The van der Waals surface area contributed by atoms with Gasteiger partial charge in [0.2, 0.25) is 11.8 Å². The van der Waals surface area contributed by atoms with Crippen LogP contribution in [0.2, 0.25) is 0 Å². The van der Waals surface area contributed by atoms with E-state index in [4.69, 9.17) is 19.9 Å². The van der Waals surface area contributed by atoms with E-state index < -0.39 is 12.0 Å². The third kappa shape index (κ3) is 3.94. The average molecular weight is 423 g/mol. The number of nitriles is 1. The Balaban J connectivity index is 1.65. The average Bonchev–Trinajstić information content (AvgIpc) is 3.18. The summed E-state index contributed by atoms with van der Waals surface area (Å²) in [6, 6.07) is 9.26. The van der Waals surface area contributed by atoms with Gasteiger partial charge in [0.05, 0.1) is 24.7 Å². The van der Waals surface area contributed by atoms with E-state index in [2.05, 4.69) is 37.0 Å². The van der Waals surface area contributed by atoms with E-state index in [1.54, 1.807) is 17.0 Å². The summed E-state index contributed by atoms with van der Waals surface area (Å²) in [4.78, 5) is 13.9. The summed E-state index contributed by atoms with van der Waals surface area (Å²) in [5, 5.41) is 17.1. The van der Waals surface area contributed by atoms with Crippen molar-refractivity contribution in [1.82, 2.24) is 15.1 Å². The molecular weight excluding hydrogens is 398 g/mol. The molecule has 1 aromatic heterocycles. The van der Waals surface area contributed by atoms with Crippen molar-refractivity contribution in [2.45, 2.75) is 32.1 Å². The fourth-order valence-corrected chi connectivity index (χ4v) is 3.79. The second kappa shape index (κ2) is 7.96. The largest absolute Gasteiger partial charge is 0.420 e. The Bertz CT molecular complexity index is 1050. The van der Waals surface area contributed by atoms with Gasteiger partial charge in [0.1, 0.15) is 17.4 Å². The van der Waals surface area contributed by atoms with Gasteiger partial charge in [-0.2, -0.15) is 5.26 Å². The van der Waals surface area contributed by atoms with Crippen LogP contribution in [-0.2, 0) is 10.2 Å². The monoisotopic (exact) mass is 423 g/mol. The molecule has 0 spiro atoms. The molecule has 162 valence electrons. The molecule has 2 aliphatic heterocycles. The number of fused-ring (bicyclic) bond motifs is 1. The fraction of sp³-hybridized carbons (Fsp3) is 0.409. The molecule has 1 fully saturated rings. The Labute approximate surface area is 180 Å². The van der Waals surface area contributed by atoms with Gasteiger partial charge in [0.15, 0.2) is 0 Å². The first-order chi connectivity index (χ1) is 14.8. The lowest BCUT2D eigenvalue weighted by Crippen LogP contribution is -2.42. The molecule has 1 atom stereocenters. The molecule has 4 rings (SSSR count). The lowest BCUT2D eigenvalue weighted by Gasteiger charge is -2.27. The van der Waals surface area contributed by atoms with E-state index in [0.717, 1.165) is 16.8 Å². The van der Waals surface area contributed by atoms with E-state index in [-0.39, 0.29) is 11.3 Å². The Morgan fingerprint density at radius 3 is 2.58 bits per heavy atom. The van der Waals surface area contributed by atoms with E-state index in [0.29, 0.717) is 43.5 Å². The number of morpholine rings is 1. The van der Waals surface area contributed by atoms with Crippen LogP contribution in [0, 0.1) is 11.3 Å². The molecule has 9 nitrogen and oxygen atoms in total. The molecule has 0 bridgehead atoms. The highest BCUT2D eigenvalue weighted by Crippen LogP contribution is 2.45. The maximum Gasteiger partial charge on any atom is 0.415 e. The highest BCUT2D eigenvalue weighted by Gasteiger charge is 2.38. The highest BCUT2D eigenvalue weighted by atomic mass is 16.6. The van der Waals surface area contributed by atoms with Gasteiger partial charge in [-0.25, -0.2) is 4.79 Å². The predicted octanol–water partition coefficient (Wildman–Crippen LogP) is 2.76. The number of hydrogen-bond donors (Lipinski definition) is 2. The van der Waals surface area contributed by atoms with Crippen LogP contribution < -0.4 is 15.2 Å². The van der Waals surface area contributed by atoms with Crippen molar-refractivity contribution in [3.05, 3.63) is 52.5 Å². The minimum absolute atomic E-state index is 0.0368. The first-order valence-electron chi connectivity index (χ1n) is 10.1. The van der Waals surface area contributed by atoms with Crippen LogP contribution in [0.4, 0.5) is 4.79 Å². The van der Waals surface area contributed by atoms with Gasteiger partial charge in [-0.1, -0.05) is 32.9 Å². The van der Waals surface area contributed by atoms with Crippen LogP contribution in [0.5, 0.6) is 11.6 Å². The van der Waals surface area contributed by atoms with Gasteiger partial charge >= 0.3 is 6.09 Å². The summed E-state index contributed by atoms with van der Waals surface area (Å²) in [5.41, 5.74) is 8.57. The SMILES string of the molecule is CC(C)(C)c1[nH]nc2c1[C@@H](c1ccc(OC(=O)N3CCOCC3)cc1)C(C#N)=C(N)O2. The number of benzene rings is 1. The quantitative estimate of drug-likeness (QED) is 0.760. The number of ether oxygens (including phenoxy) is 3. The van der Waals surface area contributed by atoms with E-state index >= 15 is 0 Å². The number of H-pyrrole nitrogens is 1. The number of nitrogens with one attached hydrogen (secondary N) is 1. The highest BCUT2D eigenvalue weighted by molar-refractivity contribution is 5.71. The molecule has 31 heavy (non-hydrogen) atoms. The Kier molecular flexibility index (Phi) is 5.33. The zero-order valence-electron chi connectivity index (χ0n) is 17.8. The number of rotatable bonds is 2. The maximum absolute atomic E-state index is 12.3. The summed E-state index contributed by atoms with van der Waals surface area (Å²) in [7, 11) is 0. The molecule has 0 radical (unpaired) electrons. The predicted molar refractivity (Wildman–Crippen MR) is 111 cm³/mol. The van der Waals surface area contributed by atoms with E-state index in [1.165, 1.54) is 0 Å². The molecule has 0 saturated carbocycles. The summed E-state index contributed by atoms with van der Waals surface area (Å²) >= 11 is 0. The van der Waals surface area contributed by atoms with Gasteiger partial charge in [-0.15, -0.1) is 5.10 Å². The van der Waals surface area contributed by atoms with Crippen molar-refractivity contribution in [2.75, 3.05) is 26.3 Å². The van der Waals surface area contributed by atoms with E-state index in [1.807, 2.05) is 12.1 Å². The Hall–Kier alpha value is -3.51. The van der Waals surface area contributed by atoms with Crippen LogP contribution in [0.15, 0.2) is 35.7 Å². The number of amides is 1. The summed E-state index contributed by atoms with van der Waals surface area (Å²) in [6.45, 7) is 8.19. The van der Waals surface area contributed by atoms with Crippen molar-refractivity contribution >= 4 is 6.09 Å². The first-order valence-corrected chi connectivity index (χ1v) is 10.1. The van der Waals surface area contributed by atoms with Gasteiger partial charge in [0.25, 0.3) is 0 Å². The van der Waals surface area contributed by atoms with Crippen LogP contribution in [-0.4, -0.2) is 47.5 Å². The van der Waals surface area contributed by atoms with Gasteiger partial charge < -0.3 is 24.8 Å². The number of aromatic nitrogens is 2. The number of carbonyl (C=O) groups excluding carboxylic acids is 1. The van der Waals surface area contributed by atoms with Crippen LogP contribution in [0.25, 0.3) is 0 Å². The third-order valence-electron chi connectivity index (χ3n) is 5.38. The molecule has 0 aliphatic carbocycles. The molecule has 0 unspecified atom stereocenters. The van der Waals surface area contributed by atoms with Crippen LogP contribution in [0.3, 0.4) is 0 Å². The van der Waals surface area contributed by atoms with E-state index in [9.17, 15) is 10.1 Å². The zero-order chi connectivity index (χ0) is 22.2. The first kappa shape index (κ1) is 20.8. The van der Waals surface area contributed by atoms with Crippen LogP contribution in [0.1, 0.15) is 43.5 Å². The molecular formula is C22H25N5O4. The van der Waals surface area contributed by atoms with Crippen molar-refractivity contribution in [3.63, 3.8) is 0 Å². The normalized spacial score (nSPS) is 18.8. The lowest BCUT2D eigenvalue weighted by molar-refractivity contribution is 0.0416. The Morgan fingerprint density at radius 2 is 1.97 bits per heavy atom. The van der Waals surface area contributed by atoms with Crippen LogP contribution >= 0.6 is 0 Å². The van der Waals surface area contributed by atoms with Gasteiger partial charge in [-0.3, -0.25) is 5.10 Å². The second-order valence-electron chi connectivity index (χ2n) is 8.53. The molecule has 1 amide bonds. The molecule has 9 heteroatoms. The number of nitrogens with two attached hydrogens (primary N) is 1. The lowest BCUT2D eigenvalue weighted by atomic mass is 9.79. The number of hydrogen-bond acceptors (Lipinski definition) is 7. The minimum Gasteiger partial charge on any atom is -0.420 e. The van der Waals surface area contributed by atoms with Crippen molar-refractivity contribution < 1.29 is 19.0 Å². The van der Waals surface area contributed by atoms with Crippen molar-refractivity contribution in [2.24, 2.45) is 5.73 Å². The standard InChI is InChI=1S/C22H25N5O4/c1-22(2,3)18-17-16(15(12-23)19(24)31-20(17)26-25-18)13-4-6-14(7-5-13)30-21(28)27-8-10-29-11-9-27/h4-7,16H,8-11,24H2,1-3H3,(H,25,26)/t16-/m0/s1. The molecule has 3 N–H and O–H groups in total. The summed E-state index contributed by atoms with van der Waals surface area (Å²) in [5.74, 6) is 0.390. The Morgan fingerprint density at radius 1 is 1.29 bits per heavy atom. The number of allylic oxidation sites excluding steroid dienone is 1. The summed E-state index contributed by atoms with van der Waals surface area (Å²) < 4.78 is 16.4. The number of carbonyl (C=O) groups is 1. The van der Waals surface area contributed by atoms with Gasteiger partial charge in [0, 0.05) is 24.2 Å². The maximum atomic E-state index is 12.3. The molecule has 1 aromatic carbocycles. The second-order valence-corrected chi connectivity index (χ2v) is 8.53. The summed E-state index contributed by atoms with van der Waals surface area (Å²) in [6.07, 6.45) is -0.406. The number of aromatic amines is 1. The molecule has 2 aliphatic rings. The van der Waals surface area contributed by atoms with Crippen molar-refractivity contribution in [3.8, 4) is 17.7 Å². The fourth-order valence-electron chi connectivity index (χ4n) is 3.79. The molecule has 2 aromatic rings. The molecule has 1 saturated heterocycles. The molecule has 3 heterocycles. The van der Waals surface area contributed by atoms with Gasteiger partial charge in [-0.05, 0) is 17.7 Å². The minimum atomic E-state index is -0.439. The smallest absolute Gasteiger partial charge is 0.415 e. The van der Waals surface area contributed by atoms with Crippen molar-refractivity contribution in [1.29, 1.82) is 5.26 Å². The zero-order valence-corrected chi connectivity index (χ0v) is 17.8. The topological polar surface area (TPSA) is 126 Å².